The van der Waals surface area contributed by atoms with E-state index in [0.717, 1.165) is 0 Å². The third-order valence-electron chi connectivity index (χ3n) is 3.47. The van der Waals surface area contributed by atoms with Crippen LogP contribution in [0.5, 0.6) is 0 Å². The zero-order valence-electron chi connectivity index (χ0n) is 15.3. The van der Waals surface area contributed by atoms with E-state index < -0.39 is 11.7 Å². The second kappa shape index (κ2) is 7.70. The summed E-state index contributed by atoms with van der Waals surface area (Å²) in [5.41, 5.74) is 1.80. The van der Waals surface area contributed by atoms with Crippen LogP contribution in [-0.2, 0) is 11.3 Å². The minimum Gasteiger partial charge on any atom is -0.444 e. The van der Waals surface area contributed by atoms with Crippen molar-refractivity contribution >= 4 is 29.0 Å². The lowest BCUT2D eigenvalue weighted by Gasteiger charge is -2.20. The summed E-state index contributed by atoms with van der Waals surface area (Å²) < 4.78 is 5.20. The molecular formula is C19H24N2O3S. The molecule has 0 aliphatic rings. The van der Waals surface area contributed by atoms with Crippen molar-refractivity contribution in [3.8, 4) is 0 Å². The number of hydrogen-bond acceptors (Lipinski definition) is 4. The van der Waals surface area contributed by atoms with Crippen LogP contribution in [0.3, 0.4) is 0 Å². The standard InChI is InChI=1S/C19H24N2O3S/c1-13-10-11-25-16(13)12-21(5)17(22)14-6-8-15(9-7-14)20-18(23)24-19(2,3)4/h6-11H,12H2,1-5H3,(H,20,23). The highest BCUT2D eigenvalue weighted by Gasteiger charge is 2.17. The Morgan fingerprint density at radius 2 is 1.80 bits per heavy atom. The molecule has 0 aliphatic carbocycles. The first-order valence-electron chi connectivity index (χ1n) is 8.04. The lowest BCUT2D eigenvalue weighted by atomic mass is 10.1. The molecule has 25 heavy (non-hydrogen) atoms. The molecule has 1 aromatic carbocycles. The summed E-state index contributed by atoms with van der Waals surface area (Å²) in [5, 5.41) is 4.68. The average Bonchev–Trinajstić information content (AvgIpc) is 2.90. The number of carbonyl (C=O) groups excluding carboxylic acids is 2. The van der Waals surface area contributed by atoms with E-state index in [1.807, 2.05) is 12.3 Å². The van der Waals surface area contributed by atoms with Gasteiger partial charge in [-0.3, -0.25) is 10.1 Å². The molecule has 1 aromatic heterocycles. The maximum Gasteiger partial charge on any atom is 0.412 e. The molecule has 0 aliphatic heterocycles. The first-order valence-corrected chi connectivity index (χ1v) is 8.92. The summed E-state index contributed by atoms with van der Waals surface area (Å²) in [7, 11) is 1.79. The fourth-order valence-corrected chi connectivity index (χ4v) is 3.15. The number of ether oxygens (including phenoxy) is 1. The van der Waals surface area contributed by atoms with Gasteiger partial charge in [-0.2, -0.15) is 0 Å². The van der Waals surface area contributed by atoms with Gasteiger partial charge in [0, 0.05) is 23.2 Å². The maximum atomic E-state index is 12.5. The van der Waals surface area contributed by atoms with Crippen molar-refractivity contribution in [1.82, 2.24) is 4.90 Å². The third kappa shape index (κ3) is 5.60. The third-order valence-corrected chi connectivity index (χ3v) is 4.48. The zero-order valence-corrected chi connectivity index (χ0v) is 16.1. The molecule has 1 heterocycles. The van der Waals surface area contributed by atoms with Gasteiger partial charge in [-0.05, 0) is 69.0 Å². The van der Waals surface area contributed by atoms with Crippen molar-refractivity contribution in [2.45, 2.75) is 39.8 Å². The van der Waals surface area contributed by atoms with Gasteiger partial charge in [0.1, 0.15) is 5.60 Å². The highest BCUT2D eigenvalue weighted by Crippen LogP contribution is 2.19. The number of aryl methyl sites for hydroxylation is 1. The van der Waals surface area contributed by atoms with Crippen molar-refractivity contribution in [2.75, 3.05) is 12.4 Å². The van der Waals surface area contributed by atoms with Gasteiger partial charge in [0.05, 0.1) is 6.54 Å². The summed E-state index contributed by atoms with van der Waals surface area (Å²) >= 11 is 1.65. The number of benzene rings is 1. The zero-order chi connectivity index (χ0) is 18.6. The molecular weight excluding hydrogens is 336 g/mol. The Balaban J connectivity index is 1.98. The highest BCUT2D eigenvalue weighted by atomic mass is 32.1. The average molecular weight is 360 g/mol. The van der Waals surface area contributed by atoms with E-state index in [9.17, 15) is 9.59 Å². The second-order valence-electron chi connectivity index (χ2n) is 6.89. The Hall–Kier alpha value is -2.34. The molecule has 0 saturated heterocycles. The van der Waals surface area contributed by atoms with Crippen molar-refractivity contribution in [3.63, 3.8) is 0 Å². The van der Waals surface area contributed by atoms with Crippen LogP contribution >= 0.6 is 11.3 Å². The lowest BCUT2D eigenvalue weighted by molar-refractivity contribution is 0.0635. The van der Waals surface area contributed by atoms with Crippen LogP contribution in [0.4, 0.5) is 10.5 Å². The fourth-order valence-electron chi connectivity index (χ4n) is 2.19. The number of nitrogens with one attached hydrogen (secondary N) is 1. The molecule has 0 atom stereocenters. The molecule has 0 saturated carbocycles. The van der Waals surface area contributed by atoms with Crippen molar-refractivity contribution < 1.29 is 14.3 Å². The Morgan fingerprint density at radius 1 is 1.16 bits per heavy atom. The number of rotatable bonds is 4. The Labute approximate surface area is 152 Å². The number of hydrogen-bond donors (Lipinski definition) is 1. The normalized spacial score (nSPS) is 11.1. The van der Waals surface area contributed by atoms with Crippen molar-refractivity contribution in [3.05, 3.63) is 51.7 Å². The van der Waals surface area contributed by atoms with Crippen LogP contribution in [0.2, 0.25) is 0 Å². The van der Waals surface area contributed by atoms with Crippen LogP contribution in [0, 0.1) is 6.92 Å². The molecule has 0 fully saturated rings. The van der Waals surface area contributed by atoms with E-state index in [-0.39, 0.29) is 5.91 Å². The SMILES string of the molecule is Cc1ccsc1CN(C)C(=O)c1ccc(NC(=O)OC(C)(C)C)cc1. The molecule has 1 N–H and O–H groups in total. The van der Waals surface area contributed by atoms with E-state index in [0.29, 0.717) is 17.8 Å². The van der Waals surface area contributed by atoms with E-state index in [1.54, 1.807) is 68.3 Å². The van der Waals surface area contributed by atoms with Crippen LogP contribution in [0.1, 0.15) is 41.6 Å². The number of nitrogens with zero attached hydrogens (tertiary/aromatic N) is 1. The Kier molecular flexibility index (Phi) is 5.85. The van der Waals surface area contributed by atoms with E-state index in [2.05, 4.69) is 11.4 Å². The van der Waals surface area contributed by atoms with Gasteiger partial charge in [-0.15, -0.1) is 11.3 Å². The number of anilines is 1. The molecule has 0 unspecified atom stereocenters. The summed E-state index contributed by atoms with van der Waals surface area (Å²) in [6, 6.07) is 8.85. The van der Waals surface area contributed by atoms with Crippen LogP contribution < -0.4 is 5.32 Å². The monoisotopic (exact) mass is 360 g/mol. The van der Waals surface area contributed by atoms with Crippen molar-refractivity contribution in [2.24, 2.45) is 0 Å². The molecule has 134 valence electrons. The quantitative estimate of drug-likeness (QED) is 0.861. The number of amides is 2. The van der Waals surface area contributed by atoms with Gasteiger partial charge in [0.15, 0.2) is 0 Å². The van der Waals surface area contributed by atoms with Crippen LogP contribution in [-0.4, -0.2) is 29.5 Å². The fraction of sp³-hybridized carbons (Fsp3) is 0.368. The Morgan fingerprint density at radius 3 is 2.32 bits per heavy atom. The molecule has 5 nitrogen and oxygen atoms in total. The second-order valence-corrected chi connectivity index (χ2v) is 7.89. The van der Waals surface area contributed by atoms with Gasteiger partial charge in [0.25, 0.3) is 5.91 Å². The molecule has 2 aromatic rings. The largest absolute Gasteiger partial charge is 0.444 e. The van der Waals surface area contributed by atoms with Gasteiger partial charge in [0.2, 0.25) is 0 Å². The summed E-state index contributed by atoms with van der Waals surface area (Å²) in [6.45, 7) is 8.04. The van der Waals surface area contributed by atoms with E-state index in [4.69, 9.17) is 4.74 Å². The summed E-state index contributed by atoms with van der Waals surface area (Å²) in [6.07, 6.45) is -0.517. The minimum absolute atomic E-state index is 0.0587. The first kappa shape index (κ1) is 19.0. The first-order chi connectivity index (χ1) is 11.7. The van der Waals surface area contributed by atoms with Gasteiger partial charge in [-0.25, -0.2) is 4.79 Å². The molecule has 0 radical (unpaired) electrons. The molecule has 0 bridgehead atoms. The molecule has 2 rings (SSSR count). The van der Waals surface area contributed by atoms with E-state index in [1.165, 1.54) is 10.4 Å². The predicted molar refractivity (Wildman–Crippen MR) is 101 cm³/mol. The number of thiophene rings is 1. The van der Waals surface area contributed by atoms with E-state index >= 15 is 0 Å². The molecule has 6 heteroatoms. The van der Waals surface area contributed by atoms with Gasteiger partial charge < -0.3 is 9.64 Å². The smallest absolute Gasteiger partial charge is 0.412 e. The maximum absolute atomic E-state index is 12.5. The number of carbonyl (C=O) groups is 2. The van der Waals surface area contributed by atoms with Crippen LogP contribution in [0.15, 0.2) is 35.7 Å². The molecule has 0 spiro atoms. The van der Waals surface area contributed by atoms with Crippen molar-refractivity contribution in [1.29, 1.82) is 0 Å². The van der Waals surface area contributed by atoms with Gasteiger partial charge >= 0.3 is 6.09 Å². The lowest BCUT2D eigenvalue weighted by Crippen LogP contribution is -2.27. The van der Waals surface area contributed by atoms with Crippen LogP contribution in [0.25, 0.3) is 0 Å². The van der Waals surface area contributed by atoms with Gasteiger partial charge in [-0.1, -0.05) is 0 Å². The summed E-state index contributed by atoms with van der Waals surface area (Å²) in [5.74, 6) is -0.0587. The minimum atomic E-state index is -0.553. The summed E-state index contributed by atoms with van der Waals surface area (Å²) in [4.78, 5) is 27.1. The highest BCUT2D eigenvalue weighted by molar-refractivity contribution is 7.10. The Bertz CT molecular complexity index is 745. The topological polar surface area (TPSA) is 58.6 Å². The predicted octanol–water partition coefficient (Wildman–Crippen LogP) is 4.68. The molecule has 2 amide bonds.